The van der Waals surface area contributed by atoms with Gasteiger partial charge in [-0.1, -0.05) is 182 Å². The van der Waals surface area contributed by atoms with Crippen molar-refractivity contribution in [1.82, 2.24) is 19.1 Å². The van der Waals surface area contributed by atoms with E-state index in [0.717, 1.165) is 83.6 Å². The maximum Gasteiger partial charge on any atom is 0.0973 e. The van der Waals surface area contributed by atoms with Gasteiger partial charge in [-0.3, -0.25) is 0 Å². The number of hydrogen-bond acceptors (Lipinski definition) is 2. The summed E-state index contributed by atoms with van der Waals surface area (Å²) in [4.78, 5) is 10.8. The maximum absolute atomic E-state index is 5.38. The first-order chi connectivity index (χ1) is 33.7. The lowest BCUT2D eigenvalue weighted by molar-refractivity contribution is 1.17. The van der Waals surface area contributed by atoms with E-state index in [2.05, 4.69) is 246 Å². The van der Waals surface area contributed by atoms with Crippen LogP contribution < -0.4 is 0 Å². The summed E-state index contributed by atoms with van der Waals surface area (Å²) in [7, 11) is 0. The van der Waals surface area contributed by atoms with Crippen LogP contribution in [0.2, 0.25) is 0 Å². The second-order valence-corrected chi connectivity index (χ2v) is 17.3. The lowest BCUT2D eigenvalue weighted by Crippen LogP contribution is -1.98. The quantitative estimate of drug-likeness (QED) is 0.167. The molecule has 0 radical (unpaired) electrons. The van der Waals surface area contributed by atoms with Crippen LogP contribution in [0.25, 0.3) is 122 Å². The van der Waals surface area contributed by atoms with Crippen molar-refractivity contribution in [3.8, 4) is 56.1 Å². The molecule has 0 amide bonds. The predicted molar refractivity (Wildman–Crippen MR) is 285 cm³/mol. The van der Waals surface area contributed by atoms with Gasteiger partial charge in [-0.05, 0) is 100 Å². The Labute approximate surface area is 393 Å². The smallest absolute Gasteiger partial charge is 0.0973 e. The number of para-hydroxylation sites is 3. The van der Waals surface area contributed by atoms with Crippen LogP contribution in [-0.4, -0.2) is 19.1 Å². The average Bonchev–Trinajstić information content (AvgIpc) is 3.92. The van der Waals surface area contributed by atoms with E-state index in [9.17, 15) is 0 Å². The summed E-state index contributed by atoms with van der Waals surface area (Å²) in [5, 5.41) is 7.28. The molecule has 0 bridgehead atoms. The molecular formula is C64H42N4. The molecule has 13 rings (SSSR count). The normalized spacial score (nSPS) is 11.5. The van der Waals surface area contributed by atoms with Crippen LogP contribution in [-0.2, 0) is 0 Å². The molecular weight excluding hydrogens is 825 g/mol. The summed E-state index contributed by atoms with van der Waals surface area (Å²) in [6.45, 7) is 0. The minimum atomic E-state index is 0.836. The monoisotopic (exact) mass is 866 g/mol. The second-order valence-electron chi connectivity index (χ2n) is 17.3. The maximum atomic E-state index is 5.38. The first-order valence-corrected chi connectivity index (χ1v) is 23.2. The first kappa shape index (κ1) is 39.3. The van der Waals surface area contributed by atoms with E-state index in [1.165, 1.54) is 38.0 Å². The van der Waals surface area contributed by atoms with Gasteiger partial charge in [0.25, 0.3) is 0 Å². The molecule has 0 saturated heterocycles. The number of nitrogens with zero attached hydrogens (tertiary/aromatic N) is 4. The van der Waals surface area contributed by atoms with Crippen molar-refractivity contribution >= 4 is 65.4 Å². The van der Waals surface area contributed by atoms with Gasteiger partial charge < -0.3 is 9.13 Å². The highest BCUT2D eigenvalue weighted by Gasteiger charge is 2.20. The zero-order valence-corrected chi connectivity index (χ0v) is 37.0. The number of hydrogen-bond donors (Lipinski definition) is 0. The van der Waals surface area contributed by atoms with E-state index in [1.807, 2.05) is 18.2 Å². The average molecular weight is 867 g/mol. The Morgan fingerprint density at radius 2 is 0.721 bits per heavy atom. The minimum absolute atomic E-state index is 0.836. The van der Waals surface area contributed by atoms with Crippen molar-refractivity contribution < 1.29 is 0 Å². The summed E-state index contributed by atoms with van der Waals surface area (Å²) in [6, 6.07) is 91.0. The van der Waals surface area contributed by atoms with E-state index in [4.69, 9.17) is 9.97 Å². The number of aromatic nitrogens is 4. The van der Waals surface area contributed by atoms with E-state index < -0.39 is 0 Å². The fraction of sp³-hybridized carbons (Fsp3) is 0. The highest BCUT2D eigenvalue weighted by molar-refractivity contribution is 6.19. The van der Waals surface area contributed by atoms with Gasteiger partial charge in [0.1, 0.15) is 0 Å². The molecule has 10 aromatic carbocycles. The Morgan fingerprint density at radius 3 is 1.41 bits per heavy atom. The SMILES string of the molecule is c1ccccc2c(ccc1)c1cc(-n3c4ccccc4c4ccc5ccccc5c43)ccc1n2-c1ccc(-c2nc3ccccc3nc2-c2cc(-c3ccccc3)cc(-c3ccccc3)c2)cc1. The topological polar surface area (TPSA) is 35.6 Å². The molecule has 0 fully saturated rings. The van der Waals surface area contributed by atoms with Crippen LogP contribution in [0, 0.1) is 0 Å². The molecule has 0 saturated carbocycles. The minimum Gasteiger partial charge on any atom is -0.309 e. The number of benzene rings is 9. The summed E-state index contributed by atoms with van der Waals surface area (Å²) in [5.74, 6) is 0. The Bertz CT molecular complexity index is 4070. The highest BCUT2D eigenvalue weighted by atomic mass is 15.0. The third-order valence-electron chi connectivity index (χ3n) is 13.3. The largest absolute Gasteiger partial charge is 0.309 e. The van der Waals surface area contributed by atoms with Gasteiger partial charge in [-0.25, -0.2) is 9.97 Å². The van der Waals surface area contributed by atoms with Crippen LogP contribution in [0.15, 0.2) is 255 Å². The molecule has 0 unspecified atom stereocenters. The lowest BCUT2D eigenvalue weighted by atomic mass is 9.93. The van der Waals surface area contributed by atoms with Crippen LogP contribution in [0.1, 0.15) is 0 Å². The summed E-state index contributed by atoms with van der Waals surface area (Å²) >= 11 is 0. The third kappa shape index (κ3) is 6.69. The molecule has 0 aliphatic rings. The predicted octanol–water partition coefficient (Wildman–Crippen LogP) is 16.8. The number of rotatable bonds is 6. The molecule has 3 aromatic heterocycles. The first-order valence-electron chi connectivity index (χ1n) is 23.2. The Kier molecular flexibility index (Phi) is 9.47. The Morgan fingerprint density at radius 1 is 0.250 bits per heavy atom. The van der Waals surface area contributed by atoms with Gasteiger partial charge in [-0.2, -0.15) is 0 Å². The van der Waals surface area contributed by atoms with E-state index in [-0.39, 0.29) is 0 Å². The molecule has 0 atom stereocenters. The van der Waals surface area contributed by atoms with Crippen molar-refractivity contribution in [3.63, 3.8) is 0 Å². The summed E-state index contributed by atoms with van der Waals surface area (Å²) in [6.07, 6.45) is 0. The van der Waals surface area contributed by atoms with Gasteiger partial charge in [0.15, 0.2) is 0 Å². The van der Waals surface area contributed by atoms with Crippen molar-refractivity contribution in [2.75, 3.05) is 0 Å². The molecule has 318 valence electrons. The van der Waals surface area contributed by atoms with Crippen LogP contribution in [0.4, 0.5) is 0 Å². The summed E-state index contributed by atoms with van der Waals surface area (Å²) < 4.78 is 4.84. The molecule has 0 aliphatic carbocycles. The van der Waals surface area contributed by atoms with E-state index in [0.29, 0.717) is 0 Å². The van der Waals surface area contributed by atoms with Crippen LogP contribution in [0.5, 0.6) is 0 Å². The molecule has 3 heterocycles. The van der Waals surface area contributed by atoms with Gasteiger partial charge in [0, 0.05) is 49.4 Å². The zero-order chi connectivity index (χ0) is 45.0. The fourth-order valence-electron chi connectivity index (χ4n) is 10.2. The highest BCUT2D eigenvalue weighted by Crippen LogP contribution is 2.41. The van der Waals surface area contributed by atoms with Crippen molar-refractivity contribution in [1.29, 1.82) is 0 Å². The van der Waals surface area contributed by atoms with Crippen molar-refractivity contribution in [3.05, 3.63) is 255 Å². The Hall–Kier alpha value is -9.12. The van der Waals surface area contributed by atoms with Crippen molar-refractivity contribution in [2.24, 2.45) is 0 Å². The van der Waals surface area contributed by atoms with Gasteiger partial charge in [0.2, 0.25) is 0 Å². The molecule has 0 spiro atoms. The molecule has 4 heteroatoms. The molecule has 13 aromatic rings. The second kappa shape index (κ2) is 16.4. The van der Waals surface area contributed by atoms with Gasteiger partial charge in [0.05, 0.1) is 44.5 Å². The number of fused-ring (bicyclic) bond motifs is 9. The summed E-state index contributed by atoms with van der Waals surface area (Å²) in [5.41, 5.74) is 16.8. The molecule has 68 heavy (non-hydrogen) atoms. The van der Waals surface area contributed by atoms with E-state index >= 15 is 0 Å². The molecule has 4 nitrogen and oxygen atoms in total. The van der Waals surface area contributed by atoms with Gasteiger partial charge in [-0.15, -0.1) is 0 Å². The van der Waals surface area contributed by atoms with Crippen molar-refractivity contribution in [2.45, 2.75) is 0 Å². The van der Waals surface area contributed by atoms with Gasteiger partial charge >= 0.3 is 0 Å². The third-order valence-corrected chi connectivity index (χ3v) is 13.3. The molecule has 0 aliphatic heterocycles. The zero-order valence-electron chi connectivity index (χ0n) is 37.0. The van der Waals surface area contributed by atoms with Crippen LogP contribution >= 0.6 is 0 Å². The van der Waals surface area contributed by atoms with Crippen LogP contribution in [0.3, 0.4) is 0 Å². The Balaban J connectivity index is 1.00. The van der Waals surface area contributed by atoms with E-state index in [1.54, 1.807) is 0 Å². The standard InChI is InChI=1S/C64H42N4/c1-2-4-12-29-59-54(25-11-3-1)56-42-51(68-60-30-18-15-26-53(60)55-37-33-45-23-13-14-24-52(45)64(55)68)36-38-61(56)67(59)50-34-31-46(32-35-50)62-63(66-58-28-17-16-27-57(58)65-62)49-40-47(43-19-7-5-8-20-43)39-48(41-49)44-21-9-6-10-22-44/h1-42H. The lowest BCUT2D eigenvalue weighted by Gasteiger charge is -2.15. The molecule has 0 N–H and O–H groups in total. The fourth-order valence-corrected chi connectivity index (χ4v) is 10.2.